The van der Waals surface area contributed by atoms with Crippen molar-refractivity contribution in [2.45, 2.75) is 45.1 Å². The summed E-state index contributed by atoms with van der Waals surface area (Å²) in [6.07, 6.45) is -3.10. The highest BCUT2D eigenvalue weighted by atomic mass is 35.5. The number of halogens is 4. The highest BCUT2D eigenvalue weighted by Crippen LogP contribution is 2.50. The lowest BCUT2D eigenvalue weighted by Gasteiger charge is -2.60. The third-order valence-corrected chi connectivity index (χ3v) is 8.02. The van der Waals surface area contributed by atoms with Crippen LogP contribution >= 0.6 is 11.6 Å². The number of nitrogens with zero attached hydrogens (tertiary/aromatic N) is 7. The lowest BCUT2D eigenvalue weighted by atomic mass is 9.72. The van der Waals surface area contributed by atoms with Crippen LogP contribution in [0.5, 0.6) is 0 Å². The van der Waals surface area contributed by atoms with Crippen molar-refractivity contribution in [3.8, 4) is 11.8 Å². The van der Waals surface area contributed by atoms with Gasteiger partial charge in [-0.25, -0.2) is 0 Å². The van der Waals surface area contributed by atoms with Crippen molar-refractivity contribution in [1.29, 1.82) is 5.26 Å². The third-order valence-electron chi connectivity index (χ3n) is 7.78. The predicted molar refractivity (Wildman–Crippen MR) is 120 cm³/mol. The molecule has 0 N–H and O–H groups in total. The number of amides is 1. The lowest BCUT2D eigenvalue weighted by molar-refractivity contribution is -0.182. The van der Waals surface area contributed by atoms with Crippen LogP contribution in [0.15, 0.2) is 18.2 Å². The van der Waals surface area contributed by atoms with E-state index in [2.05, 4.69) is 21.2 Å². The van der Waals surface area contributed by atoms with E-state index < -0.39 is 17.6 Å². The molecule has 35 heavy (non-hydrogen) atoms. The van der Waals surface area contributed by atoms with Crippen LogP contribution < -0.4 is 4.90 Å². The third kappa shape index (κ3) is 3.49. The first-order chi connectivity index (χ1) is 16.5. The number of hydrogen-bond donors (Lipinski definition) is 0. The van der Waals surface area contributed by atoms with E-state index in [1.54, 1.807) is 23.1 Å². The van der Waals surface area contributed by atoms with Gasteiger partial charge in [-0.05, 0) is 43.5 Å². The fourth-order valence-corrected chi connectivity index (χ4v) is 5.70. The number of benzene rings is 1. The van der Waals surface area contributed by atoms with Crippen LogP contribution in [0.2, 0.25) is 5.02 Å². The molecule has 1 spiro atoms. The molecule has 1 aromatic carbocycles. The normalized spacial score (nSPS) is 22.9. The molecule has 1 aromatic heterocycles. The van der Waals surface area contributed by atoms with E-state index in [1.165, 1.54) is 4.90 Å². The summed E-state index contributed by atoms with van der Waals surface area (Å²) in [5.41, 5.74) is 0.547. The number of aromatic nitrogens is 3. The Morgan fingerprint density at radius 2 is 1.89 bits per heavy atom. The molecule has 0 bridgehead atoms. The summed E-state index contributed by atoms with van der Waals surface area (Å²) in [6.45, 7) is 3.78. The van der Waals surface area contributed by atoms with Crippen LogP contribution in [-0.4, -0.2) is 68.9 Å². The zero-order valence-electron chi connectivity index (χ0n) is 19.0. The maximum absolute atomic E-state index is 13.5. The first-order valence-corrected chi connectivity index (χ1v) is 11.9. The topological polar surface area (TPSA) is 81.3 Å². The number of fused-ring (bicyclic) bond motifs is 3. The fraction of sp³-hybridized carbons (Fsp3) is 0.565. The second-order valence-corrected chi connectivity index (χ2v) is 10.8. The van der Waals surface area contributed by atoms with Gasteiger partial charge in [0.15, 0.2) is 5.82 Å². The van der Waals surface area contributed by atoms with Crippen molar-refractivity contribution in [3.63, 3.8) is 0 Å². The summed E-state index contributed by atoms with van der Waals surface area (Å²) < 4.78 is 42.5. The zero-order valence-corrected chi connectivity index (χ0v) is 19.8. The van der Waals surface area contributed by atoms with Crippen LogP contribution in [0.1, 0.15) is 31.2 Å². The smallest absolute Gasteiger partial charge is 0.340 e. The number of alkyl halides is 3. The van der Waals surface area contributed by atoms with Crippen LogP contribution in [0.25, 0.3) is 5.69 Å². The molecule has 1 saturated carbocycles. The molecule has 3 fully saturated rings. The highest BCUT2D eigenvalue weighted by molar-refractivity contribution is 6.30. The Bertz CT molecular complexity index is 1250. The molecule has 0 radical (unpaired) electrons. The highest BCUT2D eigenvalue weighted by Gasteiger charge is 2.60. The Balaban J connectivity index is 1.24. The number of rotatable bonds is 3. The molecule has 2 aromatic rings. The number of carbonyl (C=O) groups is 1. The zero-order chi connectivity index (χ0) is 24.8. The minimum atomic E-state index is -4.38. The minimum absolute atomic E-state index is 0.00250. The van der Waals surface area contributed by atoms with Crippen molar-refractivity contribution in [2.24, 2.45) is 10.8 Å². The Morgan fingerprint density at radius 1 is 1.17 bits per heavy atom. The van der Waals surface area contributed by atoms with Gasteiger partial charge < -0.3 is 9.80 Å². The fourth-order valence-electron chi connectivity index (χ4n) is 5.51. The van der Waals surface area contributed by atoms with Crippen LogP contribution in [0, 0.1) is 22.2 Å². The molecule has 6 rings (SSSR count). The molecule has 3 aliphatic heterocycles. The molecule has 1 atom stereocenters. The standard InChI is InChI=1S/C23H23ClF3N7O/c1-14(23(25,26)27)31-7-15-6-16(24)2-3-17(15)34-18(8-31)29-30-20(34)33-12-21(13-33)10-32(11-21)19(35)22(9-28)4-5-22/h2-3,6,14H,4-5,7-8,10-13H2,1H3. The van der Waals surface area contributed by atoms with Gasteiger partial charge in [0.25, 0.3) is 0 Å². The van der Waals surface area contributed by atoms with Gasteiger partial charge in [-0.15, -0.1) is 10.2 Å². The van der Waals surface area contributed by atoms with E-state index in [0.29, 0.717) is 61.4 Å². The summed E-state index contributed by atoms with van der Waals surface area (Å²) >= 11 is 6.19. The monoisotopic (exact) mass is 505 g/mol. The van der Waals surface area contributed by atoms with Crippen molar-refractivity contribution >= 4 is 23.5 Å². The number of anilines is 1. The van der Waals surface area contributed by atoms with Crippen LogP contribution in [0.3, 0.4) is 0 Å². The van der Waals surface area contributed by atoms with Crippen LogP contribution in [-0.2, 0) is 17.9 Å². The van der Waals surface area contributed by atoms with Gasteiger partial charge in [-0.1, -0.05) is 11.6 Å². The molecule has 1 amide bonds. The summed E-state index contributed by atoms with van der Waals surface area (Å²) in [4.78, 5) is 17.8. The van der Waals surface area contributed by atoms with Gasteiger partial charge in [0.05, 0.1) is 18.3 Å². The van der Waals surface area contributed by atoms with Gasteiger partial charge in [0.1, 0.15) is 11.5 Å². The average molecular weight is 506 g/mol. The van der Waals surface area contributed by atoms with Crippen LogP contribution in [0.4, 0.5) is 19.1 Å². The largest absolute Gasteiger partial charge is 0.403 e. The number of carbonyl (C=O) groups excluding carboxylic acids is 1. The van der Waals surface area contributed by atoms with E-state index in [-0.39, 0.29) is 24.4 Å². The second-order valence-electron chi connectivity index (χ2n) is 10.4. The Kier molecular flexibility index (Phi) is 4.74. The van der Waals surface area contributed by atoms with E-state index in [1.807, 2.05) is 4.57 Å². The quantitative estimate of drug-likeness (QED) is 0.637. The van der Waals surface area contributed by atoms with Crippen molar-refractivity contribution < 1.29 is 18.0 Å². The molecule has 184 valence electrons. The van der Waals surface area contributed by atoms with Gasteiger partial charge in [-0.3, -0.25) is 14.3 Å². The van der Waals surface area contributed by atoms with E-state index in [0.717, 1.165) is 12.6 Å². The summed E-state index contributed by atoms with van der Waals surface area (Å²) in [6, 6.07) is 5.71. The Hall–Kier alpha value is -2.84. The number of likely N-dealkylation sites (tertiary alicyclic amines) is 1. The van der Waals surface area contributed by atoms with Gasteiger partial charge in [0, 0.05) is 43.2 Å². The summed E-state index contributed by atoms with van der Waals surface area (Å²) in [5, 5.41) is 18.4. The molecule has 8 nitrogen and oxygen atoms in total. The Morgan fingerprint density at radius 3 is 2.51 bits per heavy atom. The molecule has 4 heterocycles. The number of nitriles is 1. The second kappa shape index (κ2) is 7.34. The Labute approximate surface area is 204 Å². The average Bonchev–Trinajstić information content (AvgIpc) is 3.48. The van der Waals surface area contributed by atoms with Gasteiger partial charge >= 0.3 is 6.18 Å². The molecule has 12 heteroatoms. The molecular formula is C23H23ClF3N7O. The molecule has 4 aliphatic rings. The van der Waals surface area contributed by atoms with E-state index in [4.69, 9.17) is 11.6 Å². The predicted octanol–water partition coefficient (Wildman–Crippen LogP) is 3.14. The van der Waals surface area contributed by atoms with Gasteiger partial charge in [-0.2, -0.15) is 18.4 Å². The molecule has 1 unspecified atom stereocenters. The van der Waals surface area contributed by atoms with Gasteiger partial charge in [0.2, 0.25) is 11.9 Å². The lowest BCUT2D eigenvalue weighted by Crippen LogP contribution is -2.74. The van der Waals surface area contributed by atoms with Crippen molar-refractivity contribution in [2.75, 3.05) is 31.1 Å². The first kappa shape index (κ1) is 22.6. The first-order valence-electron chi connectivity index (χ1n) is 11.5. The summed E-state index contributed by atoms with van der Waals surface area (Å²) in [5.74, 6) is 0.953. The van der Waals surface area contributed by atoms with Crippen molar-refractivity contribution in [1.82, 2.24) is 24.6 Å². The number of hydrogen-bond acceptors (Lipinski definition) is 6. The van der Waals surface area contributed by atoms with E-state index >= 15 is 0 Å². The van der Waals surface area contributed by atoms with E-state index in [9.17, 15) is 23.2 Å². The molecule has 2 saturated heterocycles. The maximum atomic E-state index is 13.5. The molecular weight excluding hydrogens is 483 g/mol. The molecule has 1 aliphatic carbocycles. The SMILES string of the molecule is CC(N1Cc2cc(Cl)ccc2-n2c(nnc2N2CC3(CN(C(=O)C4(C#N)CC4)C3)C2)C1)C(F)(F)F. The minimum Gasteiger partial charge on any atom is -0.340 e. The maximum Gasteiger partial charge on any atom is 0.403 e. The van der Waals surface area contributed by atoms with Crippen molar-refractivity contribution in [3.05, 3.63) is 34.6 Å². The summed E-state index contributed by atoms with van der Waals surface area (Å²) in [7, 11) is 0.